The van der Waals surface area contributed by atoms with Crippen molar-refractivity contribution < 1.29 is 23.5 Å². The van der Waals surface area contributed by atoms with Crippen molar-refractivity contribution in [1.82, 2.24) is 9.55 Å². The predicted octanol–water partition coefficient (Wildman–Crippen LogP) is 1.65. The lowest BCUT2D eigenvalue weighted by Gasteiger charge is -2.08. The topological polar surface area (TPSA) is 84.2 Å². The number of anilines is 1. The van der Waals surface area contributed by atoms with E-state index >= 15 is 0 Å². The van der Waals surface area contributed by atoms with Gasteiger partial charge in [0.25, 0.3) is 5.91 Å². The summed E-state index contributed by atoms with van der Waals surface area (Å²) in [5.74, 6) is -4.53. The standard InChI is InChI=1S/C12H9F2N3O3/c1-17-5-15-4-10(17)11(18)16-9-2-6(12(19)20)7(13)3-8(9)14/h2-5H,1H3,(H,16,18)(H,19,20). The van der Waals surface area contributed by atoms with Gasteiger partial charge in [0.05, 0.1) is 23.8 Å². The molecule has 0 aliphatic heterocycles. The number of carboxylic acids is 1. The van der Waals surface area contributed by atoms with E-state index in [2.05, 4.69) is 10.3 Å². The van der Waals surface area contributed by atoms with Crippen LogP contribution in [0.5, 0.6) is 0 Å². The number of hydrogen-bond donors (Lipinski definition) is 2. The van der Waals surface area contributed by atoms with E-state index < -0.39 is 34.8 Å². The number of carboxylic acid groups (broad SMARTS) is 1. The number of aryl methyl sites for hydroxylation is 1. The maximum absolute atomic E-state index is 13.5. The van der Waals surface area contributed by atoms with E-state index in [-0.39, 0.29) is 5.69 Å². The number of halogens is 2. The van der Waals surface area contributed by atoms with Gasteiger partial charge in [0, 0.05) is 13.1 Å². The van der Waals surface area contributed by atoms with Crippen LogP contribution in [0.1, 0.15) is 20.8 Å². The van der Waals surface area contributed by atoms with Crippen LogP contribution >= 0.6 is 0 Å². The Morgan fingerprint density at radius 1 is 1.30 bits per heavy atom. The largest absolute Gasteiger partial charge is 0.478 e. The number of amides is 1. The van der Waals surface area contributed by atoms with Gasteiger partial charge in [-0.2, -0.15) is 0 Å². The lowest BCUT2D eigenvalue weighted by atomic mass is 10.1. The van der Waals surface area contributed by atoms with Crippen molar-refractivity contribution in [2.75, 3.05) is 5.32 Å². The van der Waals surface area contributed by atoms with Crippen molar-refractivity contribution in [3.63, 3.8) is 0 Å². The summed E-state index contributed by atoms with van der Waals surface area (Å²) in [6, 6.07) is 1.13. The van der Waals surface area contributed by atoms with Gasteiger partial charge in [-0.25, -0.2) is 18.6 Å². The van der Waals surface area contributed by atoms with Crippen LogP contribution in [0.15, 0.2) is 24.7 Å². The third-order valence-corrected chi connectivity index (χ3v) is 2.58. The van der Waals surface area contributed by atoms with E-state index in [1.54, 1.807) is 7.05 Å². The van der Waals surface area contributed by atoms with Crippen molar-refractivity contribution in [2.24, 2.45) is 7.05 Å². The molecule has 8 heteroatoms. The molecule has 0 radical (unpaired) electrons. The molecular weight excluding hydrogens is 272 g/mol. The first-order chi connectivity index (χ1) is 9.40. The minimum atomic E-state index is -1.56. The minimum Gasteiger partial charge on any atom is -0.478 e. The molecule has 2 rings (SSSR count). The Labute approximate surface area is 111 Å². The number of nitrogens with zero attached hydrogens (tertiary/aromatic N) is 2. The monoisotopic (exact) mass is 281 g/mol. The zero-order valence-corrected chi connectivity index (χ0v) is 10.2. The summed E-state index contributed by atoms with van der Waals surface area (Å²) in [5, 5.41) is 10.9. The summed E-state index contributed by atoms with van der Waals surface area (Å²) in [6.45, 7) is 0. The highest BCUT2D eigenvalue weighted by Crippen LogP contribution is 2.20. The highest BCUT2D eigenvalue weighted by Gasteiger charge is 2.18. The average Bonchev–Trinajstić information content (AvgIpc) is 2.78. The minimum absolute atomic E-state index is 0.144. The SMILES string of the molecule is Cn1cncc1C(=O)Nc1cc(C(=O)O)c(F)cc1F. The summed E-state index contributed by atoms with van der Waals surface area (Å²) < 4.78 is 28.1. The zero-order valence-electron chi connectivity index (χ0n) is 10.2. The first-order valence-electron chi connectivity index (χ1n) is 5.40. The summed E-state index contributed by atoms with van der Waals surface area (Å²) in [7, 11) is 1.56. The predicted molar refractivity (Wildman–Crippen MR) is 64.5 cm³/mol. The molecule has 1 aromatic carbocycles. The maximum Gasteiger partial charge on any atom is 0.338 e. The normalized spacial score (nSPS) is 10.3. The molecular formula is C12H9F2N3O3. The van der Waals surface area contributed by atoms with E-state index in [0.29, 0.717) is 6.07 Å². The van der Waals surface area contributed by atoms with Gasteiger partial charge in [0.2, 0.25) is 0 Å². The van der Waals surface area contributed by atoms with Crippen LogP contribution < -0.4 is 5.32 Å². The second-order valence-electron chi connectivity index (χ2n) is 3.96. The number of aromatic nitrogens is 2. The molecule has 0 aliphatic rings. The molecule has 0 bridgehead atoms. The van der Waals surface area contributed by atoms with E-state index in [1.165, 1.54) is 17.1 Å². The molecule has 0 atom stereocenters. The van der Waals surface area contributed by atoms with Gasteiger partial charge >= 0.3 is 5.97 Å². The van der Waals surface area contributed by atoms with Crippen LogP contribution in [0.25, 0.3) is 0 Å². The number of carbonyl (C=O) groups is 2. The van der Waals surface area contributed by atoms with Crippen LogP contribution in [-0.4, -0.2) is 26.5 Å². The highest BCUT2D eigenvalue weighted by atomic mass is 19.1. The summed E-state index contributed by atoms with van der Waals surface area (Å²) in [6.07, 6.45) is 2.63. The molecule has 0 saturated heterocycles. The van der Waals surface area contributed by atoms with Gasteiger partial charge in [-0.05, 0) is 6.07 Å². The molecule has 2 aromatic rings. The molecule has 0 aliphatic carbocycles. The Balaban J connectivity index is 2.34. The summed E-state index contributed by atoms with van der Waals surface area (Å²) in [4.78, 5) is 26.3. The third kappa shape index (κ3) is 2.48. The average molecular weight is 281 g/mol. The Hall–Kier alpha value is -2.77. The summed E-state index contributed by atoms with van der Waals surface area (Å²) >= 11 is 0. The molecule has 6 nitrogen and oxygen atoms in total. The Bertz CT molecular complexity index is 697. The van der Waals surface area contributed by atoms with E-state index in [4.69, 9.17) is 5.11 Å². The van der Waals surface area contributed by atoms with Crippen molar-refractivity contribution >= 4 is 17.6 Å². The quantitative estimate of drug-likeness (QED) is 0.896. The van der Waals surface area contributed by atoms with Crippen LogP contribution in [0.3, 0.4) is 0 Å². The van der Waals surface area contributed by atoms with Gasteiger partial charge in [-0.3, -0.25) is 4.79 Å². The van der Waals surface area contributed by atoms with Crippen LogP contribution in [0.2, 0.25) is 0 Å². The molecule has 1 aromatic heterocycles. The molecule has 0 fully saturated rings. The second-order valence-corrected chi connectivity index (χ2v) is 3.96. The van der Waals surface area contributed by atoms with E-state index in [0.717, 1.165) is 6.07 Å². The fourth-order valence-electron chi connectivity index (χ4n) is 1.57. The number of aromatic carboxylic acids is 1. The van der Waals surface area contributed by atoms with Gasteiger partial charge in [0.1, 0.15) is 17.3 Å². The van der Waals surface area contributed by atoms with Gasteiger partial charge in [-0.1, -0.05) is 0 Å². The lowest BCUT2D eigenvalue weighted by molar-refractivity contribution is 0.0691. The first-order valence-corrected chi connectivity index (χ1v) is 5.40. The van der Waals surface area contributed by atoms with Crippen molar-refractivity contribution in [3.8, 4) is 0 Å². The van der Waals surface area contributed by atoms with E-state index in [1.807, 2.05) is 0 Å². The zero-order chi connectivity index (χ0) is 14.9. The van der Waals surface area contributed by atoms with Crippen LogP contribution in [-0.2, 0) is 7.05 Å². The van der Waals surface area contributed by atoms with E-state index in [9.17, 15) is 18.4 Å². The smallest absolute Gasteiger partial charge is 0.338 e. The Morgan fingerprint density at radius 3 is 2.55 bits per heavy atom. The van der Waals surface area contributed by atoms with Crippen molar-refractivity contribution in [3.05, 3.63) is 47.5 Å². The molecule has 104 valence electrons. The first kappa shape index (κ1) is 13.7. The van der Waals surface area contributed by atoms with Crippen molar-refractivity contribution in [1.29, 1.82) is 0 Å². The summed E-state index contributed by atoms with van der Waals surface area (Å²) in [5.41, 5.74) is -1.01. The Morgan fingerprint density at radius 2 is 2.00 bits per heavy atom. The Kier molecular flexibility index (Phi) is 3.47. The van der Waals surface area contributed by atoms with Gasteiger partial charge in [0.15, 0.2) is 0 Å². The molecule has 20 heavy (non-hydrogen) atoms. The van der Waals surface area contributed by atoms with Crippen LogP contribution in [0, 0.1) is 11.6 Å². The van der Waals surface area contributed by atoms with Crippen molar-refractivity contribution in [2.45, 2.75) is 0 Å². The maximum atomic E-state index is 13.5. The van der Waals surface area contributed by atoms with Gasteiger partial charge < -0.3 is 15.0 Å². The number of nitrogens with one attached hydrogen (secondary N) is 1. The molecule has 2 N–H and O–H groups in total. The fraction of sp³-hybridized carbons (Fsp3) is 0.0833. The highest BCUT2D eigenvalue weighted by molar-refractivity contribution is 6.03. The number of carbonyl (C=O) groups excluding carboxylic acids is 1. The second kappa shape index (κ2) is 5.08. The fourth-order valence-corrected chi connectivity index (χ4v) is 1.57. The molecule has 0 spiro atoms. The molecule has 1 amide bonds. The number of rotatable bonds is 3. The molecule has 0 unspecified atom stereocenters. The number of benzene rings is 1. The lowest BCUT2D eigenvalue weighted by Crippen LogP contribution is -2.17. The third-order valence-electron chi connectivity index (χ3n) is 2.58. The number of hydrogen-bond acceptors (Lipinski definition) is 3. The van der Waals surface area contributed by atoms with Crippen LogP contribution in [0.4, 0.5) is 14.5 Å². The number of imidazole rings is 1. The molecule has 0 saturated carbocycles. The van der Waals surface area contributed by atoms with Gasteiger partial charge in [-0.15, -0.1) is 0 Å². The molecule has 1 heterocycles.